The van der Waals surface area contributed by atoms with Crippen LogP contribution in [-0.4, -0.2) is 40.3 Å². The second-order valence-corrected chi connectivity index (χ2v) is 7.95. The molecule has 0 bridgehead atoms. The maximum atomic E-state index is 12.7. The average Bonchev–Trinajstić information content (AvgIpc) is 3.26. The number of hydrogen-bond donors (Lipinski definition) is 0. The molecule has 0 aliphatic carbocycles. The lowest BCUT2D eigenvalue weighted by molar-refractivity contribution is -0.155. The van der Waals surface area contributed by atoms with Gasteiger partial charge in [-0.05, 0) is 6.92 Å². The van der Waals surface area contributed by atoms with E-state index in [1.807, 2.05) is 31.2 Å². The zero-order valence-electron chi connectivity index (χ0n) is 17.7. The monoisotopic (exact) mass is 460 g/mol. The van der Waals surface area contributed by atoms with Crippen LogP contribution < -0.4 is 5.69 Å². The number of carbonyl (C=O) groups excluding carboxylic acids is 2. The molecule has 1 aliphatic heterocycles. The van der Waals surface area contributed by atoms with Crippen molar-refractivity contribution in [3.63, 3.8) is 0 Å². The molecule has 0 radical (unpaired) electrons. The fourth-order valence-corrected chi connectivity index (χ4v) is 3.88. The van der Waals surface area contributed by atoms with Crippen LogP contribution in [-0.2, 0) is 23.8 Å². The molecule has 3 aromatic rings. The number of halogens is 1. The van der Waals surface area contributed by atoms with Crippen LogP contribution in [0.25, 0.3) is 22.4 Å². The average molecular weight is 461 g/mol. The molecule has 0 N–H and O–H groups in total. The molecule has 1 aromatic carbocycles. The highest BCUT2D eigenvalue weighted by molar-refractivity contribution is 6.37. The Morgan fingerprint density at radius 3 is 2.59 bits per heavy atom. The molecule has 32 heavy (non-hydrogen) atoms. The van der Waals surface area contributed by atoms with Crippen molar-refractivity contribution in [3.05, 3.63) is 51.5 Å². The SMILES string of the molecule is CC(=O)OC[C@H]1O[C@@H](n2cc3c(Cl)c(-c4ccc(C)cc4)oc3nc2=O)C[C@@H]1OC(C)=O. The van der Waals surface area contributed by atoms with Gasteiger partial charge in [-0.1, -0.05) is 41.4 Å². The van der Waals surface area contributed by atoms with E-state index in [9.17, 15) is 14.4 Å². The summed E-state index contributed by atoms with van der Waals surface area (Å²) in [6.45, 7) is 4.39. The van der Waals surface area contributed by atoms with Gasteiger partial charge in [-0.3, -0.25) is 14.2 Å². The fraction of sp³-hybridized carbons (Fsp3) is 0.364. The summed E-state index contributed by atoms with van der Waals surface area (Å²) < 4.78 is 23.2. The van der Waals surface area contributed by atoms with Crippen molar-refractivity contribution in [2.24, 2.45) is 0 Å². The largest absolute Gasteiger partial charge is 0.463 e. The molecule has 0 saturated carbocycles. The number of fused-ring (bicyclic) bond motifs is 1. The highest BCUT2D eigenvalue weighted by Gasteiger charge is 2.40. The molecule has 168 valence electrons. The Hall–Kier alpha value is -3.17. The van der Waals surface area contributed by atoms with Crippen molar-refractivity contribution >= 4 is 34.6 Å². The van der Waals surface area contributed by atoms with Crippen LogP contribution in [0.2, 0.25) is 5.02 Å². The number of esters is 2. The molecule has 1 aliphatic rings. The van der Waals surface area contributed by atoms with Crippen LogP contribution in [0.5, 0.6) is 0 Å². The van der Waals surface area contributed by atoms with Gasteiger partial charge in [-0.15, -0.1) is 0 Å². The summed E-state index contributed by atoms with van der Waals surface area (Å²) in [5.74, 6) is -0.592. The topological polar surface area (TPSA) is 110 Å². The molecule has 3 atom stereocenters. The van der Waals surface area contributed by atoms with E-state index in [-0.39, 0.29) is 18.7 Å². The van der Waals surface area contributed by atoms with Gasteiger partial charge in [0.15, 0.2) is 5.76 Å². The van der Waals surface area contributed by atoms with E-state index in [2.05, 4.69) is 4.98 Å². The number of carbonyl (C=O) groups is 2. The normalized spacial score (nSPS) is 20.4. The Bertz CT molecular complexity index is 1230. The zero-order chi connectivity index (χ0) is 23.0. The third-order valence-corrected chi connectivity index (χ3v) is 5.50. The number of aryl methyl sites for hydroxylation is 1. The van der Waals surface area contributed by atoms with Gasteiger partial charge in [0, 0.05) is 32.0 Å². The molecule has 4 rings (SSSR count). The first kappa shape index (κ1) is 22.0. The quantitative estimate of drug-likeness (QED) is 0.533. The first-order chi connectivity index (χ1) is 15.2. The van der Waals surface area contributed by atoms with Crippen molar-refractivity contribution in [2.75, 3.05) is 6.61 Å². The zero-order valence-corrected chi connectivity index (χ0v) is 18.4. The van der Waals surface area contributed by atoms with Gasteiger partial charge in [0.25, 0.3) is 0 Å². The molecule has 0 unspecified atom stereocenters. The minimum Gasteiger partial charge on any atom is -0.463 e. The molecular weight excluding hydrogens is 440 g/mol. The highest BCUT2D eigenvalue weighted by atomic mass is 35.5. The Morgan fingerprint density at radius 2 is 1.94 bits per heavy atom. The summed E-state index contributed by atoms with van der Waals surface area (Å²) in [5.41, 5.74) is 1.34. The molecule has 1 fully saturated rings. The summed E-state index contributed by atoms with van der Waals surface area (Å²) in [4.78, 5) is 39.4. The van der Waals surface area contributed by atoms with Crippen LogP contribution in [0.3, 0.4) is 0 Å². The lowest BCUT2D eigenvalue weighted by Gasteiger charge is -2.17. The molecule has 1 saturated heterocycles. The van der Waals surface area contributed by atoms with Gasteiger partial charge in [-0.25, -0.2) is 4.79 Å². The van der Waals surface area contributed by atoms with Crippen molar-refractivity contribution < 1.29 is 28.2 Å². The van der Waals surface area contributed by atoms with Gasteiger partial charge in [0.05, 0.1) is 10.4 Å². The van der Waals surface area contributed by atoms with E-state index < -0.39 is 36.1 Å². The second kappa shape index (κ2) is 8.76. The molecule has 3 heterocycles. The van der Waals surface area contributed by atoms with Gasteiger partial charge in [-0.2, -0.15) is 4.98 Å². The smallest absolute Gasteiger partial charge is 0.353 e. The second-order valence-electron chi connectivity index (χ2n) is 7.58. The summed E-state index contributed by atoms with van der Waals surface area (Å²) in [6, 6.07) is 7.59. The third kappa shape index (κ3) is 4.39. The van der Waals surface area contributed by atoms with Crippen LogP contribution in [0.1, 0.15) is 32.1 Å². The number of aromatic nitrogens is 2. The minimum atomic E-state index is -0.793. The molecule has 2 aromatic heterocycles. The predicted molar refractivity (Wildman–Crippen MR) is 114 cm³/mol. The maximum absolute atomic E-state index is 12.7. The van der Waals surface area contributed by atoms with Gasteiger partial charge < -0.3 is 18.6 Å². The lowest BCUT2D eigenvalue weighted by atomic mass is 10.1. The molecular formula is C22H21ClN2O7. The number of ether oxygens (including phenoxy) is 3. The summed E-state index contributed by atoms with van der Waals surface area (Å²) in [6.07, 6.45) is -0.518. The number of rotatable bonds is 5. The first-order valence-electron chi connectivity index (χ1n) is 9.97. The lowest BCUT2D eigenvalue weighted by Crippen LogP contribution is -2.31. The number of hydrogen-bond acceptors (Lipinski definition) is 8. The van der Waals surface area contributed by atoms with Crippen molar-refractivity contribution in [1.29, 1.82) is 0 Å². The minimum absolute atomic E-state index is 0.109. The predicted octanol–water partition coefficient (Wildman–Crippen LogP) is 3.40. The van der Waals surface area contributed by atoms with Crippen LogP contribution in [0.4, 0.5) is 0 Å². The van der Waals surface area contributed by atoms with E-state index in [1.54, 1.807) is 0 Å². The van der Waals surface area contributed by atoms with Crippen LogP contribution in [0.15, 0.2) is 39.7 Å². The summed E-state index contributed by atoms with van der Waals surface area (Å²) in [7, 11) is 0. The van der Waals surface area contributed by atoms with Gasteiger partial charge in [0.2, 0.25) is 5.71 Å². The Balaban J connectivity index is 1.68. The van der Waals surface area contributed by atoms with E-state index in [0.29, 0.717) is 16.2 Å². The van der Waals surface area contributed by atoms with Gasteiger partial charge in [0.1, 0.15) is 25.0 Å². The number of furan rings is 1. The molecule has 10 heteroatoms. The maximum Gasteiger partial charge on any atom is 0.353 e. The summed E-state index contributed by atoms with van der Waals surface area (Å²) >= 11 is 6.56. The Kier molecular flexibility index (Phi) is 6.03. The Labute approximate surface area is 187 Å². The molecule has 0 amide bonds. The van der Waals surface area contributed by atoms with E-state index in [0.717, 1.165) is 11.1 Å². The standard InChI is InChI=1S/C22H21ClN2O7/c1-11-4-6-14(7-5-11)20-19(23)15-9-25(22(28)24-21(15)32-20)18-8-16(30-13(3)27)17(31-18)10-29-12(2)26/h4-7,9,16-18H,8,10H2,1-3H3/t16-,17+,18+/m0/s1. The third-order valence-electron chi connectivity index (χ3n) is 5.12. The first-order valence-corrected chi connectivity index (χ1v) is 10.3. The van der Waals surface area contributed by atoms with E-state index in [1.165, 1.54) is 24.6 Å². The van der Waals surface area contributed by atoms with Crippen molar-refractivity contribution in [3.8, 4) is 11.3 Å². The summed E-state index contributed by atoms with van der Waals surface area (Å²) in [5, 5.41) is 0.758. The van der Waals surface area contributed by atoms with Crippen LogP contribution in [0, 0.1) is 6.92 Å². The Morgan fingerprint density at radius 1 is 1.22 bits per heavy atom. The van der Waals surface area contributed by atoms with Crippen LogP contribution >= 0.6 is 11.6 Å². The van der Waals surface area contributed by atoms with Gasteiger partial charge >= 0.3 is 17.6 Å². The molecule has 0 spiro atoms. The number of benzene rings is 1. The number of nitrogens with zero attached hydrogens (tertiary/aromatic N) is 2. The van der Waals surface area contributed by atoms with E-state index >= 15 is 0 Å². The fourth-order valence-electron chi connectivity index (χ4n) is 3.60. The van der Waals surface area contributed by atoms with E-state index in [4.69, 9.17) is 30.2 Å². The highest BCUT2D eigenvalue weighted by Crippen LogP contribution is 2.37. The molecule has 9 nitrogen and oxygen atoms in total. The van der Waals surface area contributed by atoms with Crippen molar-refractivity contribution in [2.45, 2.75) is 45.6 Å². The van der Waals surface area contributed by atoms with Crippen molar-refractivity contribution in [1.82, 2.24) is 9.55 Å².